The molecule has 5 nitrogen and oxygen atoms in total. The second-order valence-corrected chi connectivity index (χ2v) is 6.21. The van der Waals surface area contributed by atoms with Crippen LogP contribution in [0.3, 0.4) is 0 Å². The van der Waals surface area contributed by atoms with Crippen LogP contribution in [0.15, 0.2) is 24.3 Å². The van der Waals surface area contributed by atoms with Gasteiger partial charge in [0.1, 0.15) is 5.82 Å². The number of nitrogens with one attached hydrogen (secondary N) is 1. The van der Waals surface area contributed by atoms with E-state index in [4.69, 9.17) is 0 Å². The normalized spacial score (nSPS) is 17.8. The maximum absolute atomic E-state index is 13.5. The van der Waals surface area contributed by atoms with E-state index in [9.17, 15) is 14.0 Å². The molecule has 1 unspecified atom stereocenters. The highest BCUT2D eigenvalue weighted by atomic mass is 19.1. The summed E-state index contributed by atoms with van der Waals surface area (Å²) in [6, 6.07) is 6.36. The highest BCUT2D eigenvalue weighted by Gasteiger charge is 2.33. The van der Waals surface area contributed by atoms with Gasteiger partial charge in [-0.1, -0.05) is 18.2 Å². The van der Waals surface area contributed by atoms with E-state index in [0.29, 0.717) is 18.7 Å². The van der Waals surface area contributed by atoms with E-state index in [-0.39, 0.29) is 36.5 Å². The van der Waals surface area contributed by atoms with E-state index in [2.05, 4.69) is 10.2 Å². The van der Waals surface area contributed by atoms with Crippen molar-refractivity contribution in [3.63, 3.8) is 0 Å². The number of halogens is 1. The second kappa shape index (κ2) is 8.06. The molecule has 1 atom stereocenters. The molecule has 0 saturated carbocycles. The topological polar surface area (TPSA) is 52.6 Å². The first-order chi connectivity index (χ1) is 11.0. The summed E-state index contributed by atoms with van der Waals surface area (Å²) in [6.07, 6.45) is 1.13. The second-order valence-electron chi connectivity index (χ2n) is 6.21. The Balaban J connectivity index is 1.79. The molecule has 0 aliphatic carbocycles. The Morgan fingerprint density at radius 1 is 1.39 bits per heavy atom. The molecule has 1 fully saturated rings. The van der Waals surface area contributed by atoms with E-state index >= 15 is 0 Å². The zero-order valence-corrected chi connectivity index (χ0v) is 13.7. The van der Waals surface area contributed by atoms with Gasteiger partial charge >= 0.3 is 0 Å². The average molecular weight is 321 g/mol. The number of carbonyl (C=O) groups excluding carboxylic acids is 2. The lowest BCUT2D eigenvalue weighted by Crippen LogP contribution is -2.33. The summed E-state index contributed by atoms with van der Waals surface area (Å²) >= 11 is 0. The van der Waals surface area contributed by atoms with Gasteiger partial charge in [0.25, 0.3) is 0 Å². The molecule has 6 heteroatoms. The summed E-state index contributed by atoms with van der Waals surface area (Å²) in [5.41, 5.74) is 0.452. The number of nitrogens with zero attached hydrogens (tertiary/aromatic N) is 2. The molecule has 1 aliphatic rings. The van der Waals surface area contributed by atoms with Crippen molar-refractivity contribution in [2.45, 2.75) is 19.4 Å². The number of likely N-dealkylation sites (tertiary alicyclic amines) is 1. The molecule has 0 aromatic heterocycles. The van der Waals surface area contributed by atoms with Gasteiger partial charge in [0.05, 0.1) is 5.92 Å². The number of rotatable bonds is 7. The lowest BCUT2D eigenvalue weighted by atomic mass is 10.1. The fourth-order valence-electron chi connectivity index (χ4n) is 2.71. The summed E-state index contributed by atoms with van der Waals surface area (Å²) < 4.78 is 13.5. The average Bonchev–Trinajstić information content (AvgIpc) is 2.87. The first-order valence-electron chi connectivity index (χ1n) is 7.91. The van der Waals surface area contributed by atoms with Gasteiger partial charge in [-0.15, -0.1) is 0 Å². The molecule has 1 aromatic rings. The van der Waals surface area contributed by atoms with Gasteiger partial charge in [0.2, 0.25) is 11.8 Å². The van der Waals surface area contributed by atoms with Gasteiger partial charge < -0.3 is 15.1 Å². The minimum absolute atomic E-state index is 0.0230. The molecule has 2 rings (SSSR count). The van der Waals surface area contributed by atoms with Crippen molar-refractivity contribution in [2.75, 3.05) is 33.7 Å². The van der Waals surface area contributed by atoms with Crippen LogP contribution < -0.4 is 5.32 Å². The molecule has 2 amide bonds. The summed E-state index contributed by atoms with van der Waals surface area (Å²) in [6.45, 7) is 2.19. The van der Waals surface area contributed by atoms with Crippen molar-refractivity contribution in [1.82, 2.24) is 15.1 Å². The third kappa shape index (κ3) is 5.03. The van der Waals surface area contributed by atoms with E-state index in [1.807, 2.05) is 14.1 Å². The minimum atomic E-state index is -0.339. The Morgan fingerprint density at radius 2 is 2.13 bits per heavy atom. The number of carbonyl (C=O) groups is 2. The molecule has 0 spiro atoms. The van der Waals surface area contributed by atoms with Crippen LogP contribution in [-0.4, -0.2) is 55.3 Å². The van der Waals surface area contributed by atoms with Crippen molar-refractivity contribution in [1.29, 1.82) is 0 Å². The van der Waals surface area contributed by atoms with E-state index in [1.165, 1.54) is 6.07 Å². The Labute approximate surface area is 136 Å². The molecule has 23 heavy (non-hydrogen) atoms. The first-order valence-corrected chi connectivity index (χ1v) is 7.91. The Kier molecular flexibility index (Phi) is 6.10. The zero-order valence-electron chi connectivity index (χ0n) is 13.7. The van der Waals surface area contributed by atoms with Gasteiger partial charge in [-0.25, -0.2) is 4.39 Å². The van der Waals surface area contributed by atoms with Crippen molar-refractivity contribution >= 4 is 11.8 Å². The maximum atomic E-state index is 13.5. The third-order valence-corrected chi connectivity index (χ3v) is 4.03. The van der Waals surface area contributed by atoms with Crippen LogP contribution in [0.2, 0.25) is 0 Å². The smallest absolute Gasteiger partial charge is 0.225 e. The maximum Gasteiger partial charge on any atom is 0.225 e. The van der Waals surface area contributed by atoms with Gasteiger partial charge in [-0.05, 0) is 33.1 Å². The van der Waals surface area contributed by atoms with Crippen LogP contribution in [0.25, 0.3) is 0 Å². The molecule has 1 saturated heterocycles. The van der Waals surface area contributed by atoms with Gasteiger partial charge in [-0.2, -0.15) is 0 Å². The van der Waals surface area contributed by atoms with E-state index < -0.39 is 0 Å². The molecular weight excluding hydrogens is 297 g/mol. The summed E-state index contributed by atoms with van der Waals surface area (Å²) in [5.74, 6) is -0.833. The lowest BCUT2D eigenvalue weighted by Gasteiger charge is -2.18. The van der Waals surface area contributed by atoms with Crippen LogP contribution in [0.1, 0.15) is 18.4 Å². The van der Waals surface area contributed by atoms with Crippen molar-refractivity contribution in [2.24, 2.45) is 5.92 Å². The standard InChI is InChI=1S/C17H24FN3O2/c1-20(2)8-5-9-21-12-14(10-16(21)22)17(23)19-11-13-6-3-4-7-15(13)18/h3-4,6-7,14H,5,8-12H2,1-2H3,(H,19,23). The van der Waals surface area contributed by atoms with E-state index in [1.54, 1.807) is 23.1 Å². The van der Waals surface area contributed by atoms with Crippen LogP contribution in [0, 0.1) is 11.7 Å². The lowest BCUT2D eigenvalue weighted by molar-refractivity contribution is -0.129. The fourth-order valence-corrected chi connectivity index (χ4v) is 2.71. The quantitative estimate of drug-likeness (QED) is 0.822. The Hall–Kier alpha value is -1.95. The largest absolute Gasteiger partial charge is 0.352 e. The minimum Gasteiger partial charge on any atom is -0.352 e. The number of hydrogen-bond donors (Lipinski definition) is 1. The molecule has 1 N–H and O–H groups in total. The SMILES string of the molecule is CN(C)CCCN1CC(C(=O)NCc2ccccc2F)CC1=O. The Morgan fingerprint density at radius 3 is 2.83 bits per heavy atom. The fraction of sp³-hybridized carbons (Fsp3) is 0.529. The number of amides is 2. The molecule has 0 bridgehead atoms. The van der Waals surface area contributed by atoms with Crippen molar-refractivity contribution in [3.05, 3.63) is 35.6 Å². The summed E-state index contributed by atoms with van der Waals surface area (Å²) in [7, 11) is 3.98. The van der Waals surface area contributed by atoms with Crippen molar-refractivity contribution in [3.8, 4) is 0 Å². The highest BCUT2D eigenvalue weighted by Crippen LogP contribution is 2.18. The molecule has 1 aromatic carbocycles. The highest BCUT2D eigenvalue weighted by molar-refractivity contribution is 5.89. The van der Waals surface area contributed by atoms with Gasteiger partial charge in [0, 0.05) is 31.6 Å². The van der Waals surface area contributed by atoms with Crippen LogP contribution >= 0.6 is 0 Å². The summed E-state index contributed by atoms with van der Waals surface area (Å²) in [4.78, 5) is 28.0. The molecule has 126 valence electrons. The predicted octanol–water partition coefficient (Wildman–Crippen LogP) is 1.24. The van der Waals surface area contributed by atoms with Gasteiger partial charge in [0.15, 0.2) is 0 Å². The monoisotopic (exact) mass is 321 g/mol. The zero-order chi connectivity index (χ0) is 16.8. The Bertz CT molecular complexity index is 563. The predicted molar refractivity (Wildman–Crippen MR) is 86.1 cm³/mol. The van der Waals surface area contributed by atoms with E-state index in [0.717, 1.165) is 13.0 Å². The van der Waals surface area contributed by atoms with Crippen LogP contribution in [0.5, 0.6) is 0 Å². The molecular formula is C17H24FN3O2. The van der Waals surface area contributed by atoms with Gasteiger partial charge in [-0.3, -0.25) is 9.59 Å². The first kappa shape index (κ1) is 17.4. The number of benzene rings is 1. The number of hydrogen-bond acceptors (Lipinski definition) is 3. The molecule has 1 heterocycles. The van der Waals surface area contributed by atoms with Crippen LogP contribution in [-0.2, 0) is 16.1 Å². The third-order valence-electron chi connectivity index (χ3n) is 4.03. The molecule has 0 radical (unpaired) electrons. The van der Waals surface area contributed by atoms with Crippen molar-refractivity contribution < 1.29 is 14.0 Å². The molecule has 1 aliphatic heterocycles. The summed E-state index contributed by atoms with van der Waals surface area (Å²) in [5, 5.41) is 2.73. The van der Waals surface area contributed by atoms with Crippen LogP contribution in [0.4, 0.5) is 4.39 Å².